The maximum atomic E-state index is 12.2. The molecule has 0 heterocycles. The second-order valence-electron chi connectivity index (χ2n) is 4.77. The van der Waals surface area contributed by atoms with E-state index in [-0.39, 0.29) is 12.5 Å². The lowest BCUT2D eigenvalue weighted by Gasteiger charge is -2.22. The van der Waals surface area contributed by atoms with Crippen molar-refractivity contribution in [2.24, 2.45) is 0 Å². The Labute approximate surface area is 129 Å². The van der Waals surface area contributed by atoms with Crippen LogP contribution in [0.5, 0.6) is 5.75 Å². The molecule has 1 amide bonds. The van der Waals surface area contributed by atoms with Crippen LogP contribution in [0.2, 0.25) is 5.02 Å². The van der Waals surface area contributed by atoms with Gasteiger partial charge in [-0.15, -0.1) is 0 Å². The fourth-order valence-electron chi connectivity index (χ4n) is 2.34. The SMILES string of the molecule is CCN(C(=O)COc1ccc(C#N)cc1Cl)C1=CCCC1. The van der Waals surface area contributed by atoms with Gasteiger partial charge in [-0.05, 0) is 44.4 Å². The fourth-order valence-corrected chi connectivity index (χ4v) is 2.58. The molecule has 0 N–H and O–H groups in total. The number of halogens is 1. The van der Waals surface area contributed by atoms with E-state index < -0.39 is 0 Å². The average molecular weight is 305 g/mol. The molecule has 0 fully saturated rings. The summed E-state index contributed by atoms with van der Waals surface area (Å²) in [6.45, 7) is 2.53. The molecule has 0 radical (unpaired) electrons. The minimum Gasteiger partial charge on any atom is -0.482 e. The van der Waals surface area contributed by atoms with Gasteiger partial charge >= 0.3 is 0 Å². The van der Waals surface area contributed by atoms with Gasteiger partial charge in [-0.3, -0.25) is 4.79 Å². The van der Waals surface area contributed by atoms with E-state index in [0.717, 1.165) is 25.0 Å². The third-order valence-corrected chi connectivity index (χ3v) is 3.69. The number of carbonyl (C=O) groups excluding carboxylic acids is 1. The van der Waals surface area contributed by atoms with Crippen LogP contribution in [0.1, 0.15) is 31.7 Å². The highest BCUT2D eigenvalue weighted by Gasteiger charge is 2.19. The Bertz CT molecular complexity index is 605. The number of ether oxygens (including phenoxy) is 1. The van der Waals surface area contributed by atoms with Crippen molar-refractivity contribution in [2.75, 3.05) is 13.2 Å². The first-order chi connectivity index (χ1) is 10.2. The lowest BCUT2D eigenvalue weighted by Crippen LogP contribution is -2.33. The summed E-state index contributed by atoms with van der Waals surface area (Å²) in [4.78, 5) is 14.0. The molecule has 1 aliphatic carbocycles. The summed E-state index contributed by atoms with van der Waals surface area (Å²) in [5.41, 5.74) is 1.54. The van der Waals surface area contributed by atoms with Gasteiger partial charge < -0.3 is 9.64 Å². The van der Waals surface area contributed by atoms with E-state index in [1.165, 1.54) is 6.07 Å². The van der Waals surface area contributed by atoms with Crippen LogP contribution in [-0.4, -0.2) is 24.0 Å². The molecule has 0 aromatic heterocycles. The highest BCUT2D eigenvalue weighted by molar-refractivity contribution is 6.32. The number of nitrogens with zero attached hydrogens (tertiary/aromatic N) is 2. The summed E-state index contributed by atoms with van der Waals surface area (Å²) < 4.78 is 5.48. The van der Waals surface area contributed by atoms with Gasteiger partial charge in [-0.1, -0.05) is 17.7 Å². The van der Waals surface area contributed by atoms with Crippen LogP contribution in [0.4, 0.5) is 0 Å². The molecule has 1 aromatic rings. The van der Waals surface area contributed by atoms with E-state index in [4.69, 9.17) is 21.6 Å². The quantitative estimate of drug-likeness (QED) is 0.836. The lowest BCUT2D eigenvalue weighted by atomic mass is 10.2. The number of allylic oxidation sites excluding steroid dienone is 2. The highest BCUT2D eigenvalue weighted by atomic mass is 35.5. The fraction of sp³-hybridized carbons (Fsp3) is 0.375. The van der Waals surface area contributed by atoms with Crippen molar-refractivity contribution in [1.29, 1.82) is 5.26 Å². The number of benzene rings is 1. The molecule has 21 heavy (non-hydrogen) atoms. The summed E-state index contributed by atoms with van der Waals surface area (Å²) in [5, 5.41) is 9.12. The van der Waals surface area contributed by atoms with Crippen LogP contribution in [0, 0.1) is 11.3 Å². The van der Waals surface area contributed by atoms with Gasteiger partial charge in [-0.2, -0.15) is 5.26 Å². The van der Waals surface area contributed by atoms with Gasteiger partial charge in [0, 0.05) is 12.2 Å². The largest absolute Gasteiger partial charge is 0.482 e. The van der Waals surface area contributed by atoms with Crippen molar-refractivity contribution in [2.45, 2.75) is 26.2 Å². The van der Waals surface area contributed by atoms with Crippen molar-refractivity contribution in [3.05, 3.63) is 40.6 Å². The molecule has 0 saturated heterocycles. The molecule has 2 rings (SSSR count). The molecule has 1 aliphatic rings. The molecule has 0 saturated carbocycles. The molecule has 0 spiro atoms. The number of likely N-dealkylation sites (N-methyl/N-ethyl adjacent to an activating group) is 1. The standard InChI is InChI=1S/C16H17ClN2O2/c1-2-19(13-5-3-4-6-13)16(20)11-21-15-8-7-12(10-18)9-14(15)17/h5,7-9H,2-4,6,11H2,1H3. The first-order valence-corrected chi connectivity index (χ1v) is 7.35. The van der Waals surface area contributed by atoms with E-state index in [9.17, 15) is 4.79 Å². The van der Waals surface area contributed by atoms with Gasteiger partial charge in [0.05, 0.1) is 16.7 Å². The Hall–Kier alpha value is -1.99. The monoisotopic (exact) mass is 304 g/mol. The molecule has 0 aliphatic heterocycles. The number of nitriles is 1. The molecule has 5 heteroatoms. The molecule has 0 unspecified atom stereocenters. The summed E-state index contributed by atoms with van der Waals surface area (Å²) in [6, 6.07) is 6.75. The van der Waals surface area contributed by atoms with Crippen molar-refractivity contribution < 1.29 is 9.53 Å². The smallest absolute Gasteiger partial charge is 0.264 e. The van der Waals surface area contributed by atoms with Crippen LogP contribution in [-0.2, 0) is 4.79 Å². The minimum atomic E-state index is -0.0777. The molecule has 1 aromatic carbocycles. The Morgan fingerprint density at radius 1 is 1.52 bits per heavy atom. The second-order valence-corrected chi connectivity index (χ2v) is 5.18. The summed E-state index contributed by atoms with van der Waals surface area (Å²) >= 11 is 6.02. The van der Waals surface area contributed by atoms with Crippen LogP contribution < -0.4 is 4.74 Å². The summed E-state index contributed by atoms with van der Waals surface area (Å²) in [5.74, 6) is 0.339. The van der Waals surface area contributed by atoms with Crippen molar-refractivity contribution in [3.8, 4) is 11.8 Å². The van der Waals surface area contributed by atoms with Crippen LogP contribution in [0.15, 0.2) is 30.0 Å². The Morgan fingerprint density at radius 2 is 2.33 bits per heavy atom. The molecular formula is C16H17ClN2O2. The Balaban J connectivity index is 1.98. The zero-order chi connectivity index (χ0) is 15.2. The summed E-state index contributed by atoms with van der Waals surface area (Å²) in [7, 11) is 0. The van der Waals surface area contributed by atoms with E-state index in [1.807, 2.05) is 13.0 Å². The first-order valence-electron chi connectivity index (χ1n) is 6.97. The second kappa shape index (κ2) is 7.14. The van der Waals surface area contributed by atoms with Gasteiger partial charge in [0.15, 0.2) is 6.61 Å². The van der Waals surface area contributed by atoms with E-state index >= 15 is 0 Å². The van der Waals surface area contributed by atoms with Gasteiger partial charge in [0.2, 0.25) is 0 Å². The zero-order valence-electron chi connectivity index (χ0n) is 11.9. The molecule has 4 nitrogen and oxygen atoms in total. The normalized spacial score (nSPS) is 13.5. The maximum absolute atomic E-state index is 12.2. The highest BCUT2D eigenvalue weighted by Crippen LogP contribution is 2.26. The maximum Gasteiger partial charge on any atom is 0.264 e. The Kier molecular flexibility index (Phi) is 5.24. The van der Waals surface area contributed by atoms with Gasteiger partial charge in [0.25, 0.3) is 5.91 Å². The van der Waals surface area contributed by atoms with Gasteiger partial charge in [0.1, 0.15) is 5.75 Å². The van der Waals surface area contributed by atoms with Crippen LogP contribution in [0.3, 0.4) is 0 Å². The molecule has 0 bridgehead atoms. The van der Waals surface area contributed by atoms with E-state index in [1.54, 1.807) is 17.0 Å². The third-order valence-electron chi connectivity index (χ3n) is 3.39. The van der Waals surface area contributed by atoms with Crippen molar-refractivity contribution in [1.82, 2.24) is 4.90 Å². The number of amides is 1. The number of rotatable bonds is 5. The zero-order valence-corrected chi connectivity index (χ0v) is 12.7. The van der Waals surface area contributed by atoms with Crippen molar-refractivity contribution in [3.63, 3.8) is 0 Å². The molecule has 0 atom stereocenters. The topological polar surface area (TPSA) is 53.3 Å². The average Bonchev–Trinajstić information content (AvgIpc) is 3.00. The lowest BCUT2D eigenvalue weighted by molar-refractivity contribution is -0.131. The van der Waals surface area contributed by atoms with Crippen LogP contribution >= 0.6 is 11.6 Å². The first kappa shape index (κ1) is 15.4. The van der Waals surface area contributed by atoms with Gasteiger partial charge in [-0.25, -0.2) is 0 Å². The summed E-state index contributed by atoms with van der Waals surface area (Å²) in [6.07, 6.45) is 5.18. The third kappa shape index (κ3) is 3.77. The number of carbonyl (C=O) groups is 1. The minimum absolute atomic E-state index is 0.0587. The number of hydrogen-bond acceptors (Lipinski definition) is 3. The van der Waals surface area contributed by atoms with E-state index in [0.29, 0.717) is 22.9 Å². The van der Waals surface area contributed by atoms with Crippen LogP contribution in [0.25, 0.3) is 0 Å². The Morgan fingerprint density at radius 3 is 2.90 bits per heavy atom. The molecule has 110 valence electrons. The number of hydrogen-bond donors (Lipinski definition) is 0. The predicted molar refractivity (Wildman–Crippen MR) is 81.0 cm³/mol. The predicted octanol–water partition coefficient (Wildman–Crippen LogP) is 3.51. The molecular weight excluding hydrogens is 288 g/mol. The van der Waals surface area contributed by atoms with E-state index in [2.05, 4.69) is 6.08 Å². The van der Waals surface area contributed by atoms with Crippen molar-refractivity contribution >= 4 is 17.5 Å².